The van der Waals surface area contributed by atoms with Gasteiger partial charge in [-0.2, -0.15) is 0 Å². The molecule has 2 amide bonds. The molecule has 1 aromatic carbocycles. The standard InChI is InChI=1S/C14H19N3O3.ClH/c15-12-6-2-5-11(12)14(19)17-9-3-1-4-10(7-9)20-8-13(16)18;/h1,3-4,7,11-12H,2,5-6,8,15H2,(H2,16,18)(H,17,19);1H. The SMILES string of the molecule is Cl.NC(=O)COc1cccc(NC(=O)C2CCCC2N)c1. The topological polar surface area (TPSA) is 107 Å². The van der Waals surface area contributed by atoms with Gasteiger partial charge in [0, 0.05) is 17.8 Å². The second-order valence-electron chi connectivity index (χ2n) is 4.97. The number of benzene rings is 1. The zero-order valence-electron chi connectivity index (χ0n) is 11.6. The van der Waals surface area contributed by atoms with E-state index in [1.54, 1.807) is 24.3 Å². The van der Waals surface area contributed by atoms with E-state index >= 15 is 0 Å². The third-order valence-corrected chi connectivity index (χ3v) is 3.39. The summed E-state index contributed by atoms with van der Waals surface area (Å²) in [4.78, 5) is 22.8. The highest BCUT2D eigenvalue weighted by molar-refractivity contribution is 5.93. The van der Waals surface area contributed by atoms with Gasteiger partial charge < -0.3 is 21.5 Å². The minimum Gasteiger partial charge on any atom is -0.484 e. The Morgan fingerprint density at radius 3 is 2.71 bits per heavy atom. The fraction of sp³-hybridized carbons (Fsp3) is 0.429. The Morgan fingerprint density at radius 2 is 2.10 bits per heavy atom. The van der Waals surface area contributed by atoms with Crippen molar-refractivity contribution in [1.29, 1.82) is 0 Å². The zero-order valence-corrected chi connectivity index (χ0v) is 12.4. The molecule has 0 heterocycles. The van der Waals surface area contributed by atoms with Crippen LogP contribution in [0.3, 0.4) is 0 Å². The number of hydrogen-bond acceptors (Lipinski definition) is 4. The molecule has 21 heavy (non-hydrogen) atoms. The zero-order chi connectivity index (χ0) is 14.5. The summed E-state index contributed by atoms with van der Waals surface area (Å²) in [6.45, 7) is -0.190. The predicted octanol–water partition coefficient (Wildman–Crippen LogP) is 1.04. The third kappa shape index (κ3) is 4.91. The molecule has 1 aliphatic carbocycles. The van der Waals surface area contributed by atoms with Crippen LogP contribution in [-0.2, 0) is 9.59 Å². The molecule has 1 fully saturated rings. The van der Waals surface area contributed by atoms with Crippen LogP contribution in [0, 0.1) is 5.92 Å². The van der Waals surface area contributed by atoms with Crippen LogP contribution >= 0.6 is 12.4 Å². The molecule has 0 radical (unpaired) electrons. The molecule has 1 aromatic rings. The quantitative estimate of drug-likeness (QED) is 0.754. The molecule has 2 rings (SSSR count). The van der Waals surface area contributed by atoms with Crippen molar-refractivity contribution >= 4 is 29.9 Å². The first-order valence-corrected chi connectivity index (χ1v) is 6.64. The van der Waals surface area contributed by atoms with Gasteiger partial charge in [-0.15, -0.1) is 12.4 Å². The van der Waals surface area contributed by atoms with Gasteiger partial charge >= 0.3 is 0 Å². The second-order valence-corrected chi connectivity index (χ2v) is 4.97. The van der Waals surface area contributed by atoms with Gasteiger partial charge in [0.25, 0.3) is 5.91 Å². The second kappa shape index (κ2) is 7.85. The van der Waals surface area contributed by atoms with Crippen molar-refractivity contribution in [2.75, 3.05) is 11.9 Å². The number of primary amides is 1. The molecular weight excluding hydrogens is 294 g/mol. The molecule has 5 N–H and O–H groups in total. The number of amides is 2. The minimum atomic E-state index is -0.545. The number of hydrogen-bond donors (Lipinski definition) is 3. The van der Waals surface area contributed by atoms with Crippen molar-refractivity contribution in [2.24, 2.45) is 17.4 Å². The van der Waals surface area contributed by atoms with Crippen molar-refractivity contribution in [1.82, 2.24) is 0 Å². The number of nitrogens with two attached hydrogens (primary N) is 2. The van der Waals surface area contributed by atoms with Crippen LogP contribution in [-0.4, -0.2) is 24.5 Å². The van der Waals surface area contributed by atoms with Crippen LogP contribution in [0.1, 0.15) is 19.3 Å². The van der Waals surface area contributed by atoms with Crippen molar-refractivity contribution < 1.29 is 14.3 Å². The Bertz CT molecular complexity index is 510. The van der Waals surface area contributed by atoms with Gasteiger partial charge in [-0.1, -0.05) is 12.5 Å². The fourth-order valence-electron chi connectivity index (χ4n) is 2.37. The van der Waals surface area contributed by atoms with Crippen LogP contribution in [0.5, 0.6) is 5.75 Å². The summed E-state index contributed by atoms with van der Waals surface area (Å²) < 4.78 is 5.19. The Hall–Kier alpha value is -1.79. The Kier molecular flexibility index (Phi) is 6.45. The van der Waals surface area contributed by atoms with E-state index in [0.717, 1.165) is 19.3 Å². The number of anilines is 1. The molecule has 0 saturated heterocycles. The lowest BCUT2D eigenvalue weighted by molar-refractivity contribution is -0.120. The average Bonchev–Trinajstić information content (AvgIpc) is 2.83. The van der Waals surface area contributed by atoms with E-state index in [1.807, 2.05) is 0 Å². The lowest BCUT2D eigenvalue weighted by Gasteiger charge is -2.15. The van der Waals surface area contributed by atoms with Crippen molar-refractivity contribution in [2.45, 2.75) is 25.3 Å². The Morgan fingerprint density at radius 1 is 1.33 bits per heavy atom. The van der Waals surface area contributed by atoms with E-state index in [0.29, 0.717) is 11.4 Å². The maximum atomic E-state index is 12.1. The van der Waals surface area contributed by atoms with E-state index in [2.05, 4.69) is 5.32 Å². The van der Waals surface area contributed by atoms with Crippen LogP contribution < -0.4 is 21.5 Å². The van der Waals surface area contributed by atoms with E-state index in [-0.39, 0.29) is 36.9 Å². The van der Waals surface area contributed by atoms with E-state index in [9.17, 15) is 9.59 Å². The highest BCUT2D eigenvalue weighted by Crippen LogP contribution is 2.26. The molecule has 1 aliphatic rings. The van der Waals surface area contributed by atoms with E-state index < -0.39 is 5.91 Å². The third-order valence-electron chi connectivity index (χ3n) is 3.39. The smallest absolute Gasteiger partial charge is 0.255 e. The first-order chi connectivity index (χ1) is 9.56. The largest absolute Gasteiger partial charge is 0.484 e. The van der Waals surface area contributed by atoms with Crippen molar-refractivity contribution in [3.63, 3.8) is 0 Å². The summed E-state index contributed by atoms with van der Waals surface area (Å²) >= 11 is 0. The van der Waals surface area contributed by atoms with Crippen LogP contribution in [0.25, 0.3) is 0 Å². The number of halogens is 1. The number of carbonyl (C=O) groups excluding carboxylic acids is 2. The molecule has 0 spiro atoms. The van der Waals surface area contributed by atoms with Crippen LogP contribution in [0.15, 0.2) is 24.3 Å². The predicted molar refractivity (Wildman–Crippen MR) is 82.3 cm³/mol. The summed E-state index contributed by atoms with van der Waals surface area (Å²) in [6.07, 6.45) is 2.70. The lowest BCUT2D eigenvalue weighted by Crippen LogP contribution is -2.34. The lowest BCUT2D eigenvalue weighted by atomic mass is 10.0. The van der Waals surface area contributed by atoms with Crippen LogP contribution in [0.4, 0.5) is 5.69 Å². The molecule has 6 nitrogen and oxygen atoms in total. The monoisotopic (exact) mass is 313 g/mol. The maximum absolute atomic E-state index is 12.1. The highest BCUT2D eigenvalue weighted by atomic mass is 35.5. The van der Waals surface area contributed by atoms with Gasteiger partial charge in [0.15, 0.2) is 6.61 Å². The summed E-state index contributed by atoms with van der Waals surface area (Å²) in [5.41, 5.74) is 11.5. The van der Waals surface area contributed by atoms with Gasteiger partial charge in [0.05, 0.1) is 5.92 Å². The highest BCUT2D eigenvalue weighted by Gasteiger charge is 2.30. The number of rotatable bonds is 5. The molecule has 1 saturated carbocycles. The molecule has 116 valence electrons. The first-order valence-electron chi connectivity index (χ1n) is 6.64. The minimum absolute atomic E-state index is 0. The molecule has 2 atom stereocenters. The molecule has 0 aromatic heterocycles. The van der Waals surface area contributed by atoms with Crippen molar-refractivity contribution in [3.05, 3.63) is 24.3 Å². The summed E-state index contributed by atoms with van der Waals surface area (Å²) in [5.74, 6) is -0.263. The number of ether oxygens (including phenoxy) is 1. The number of carbonyl (C=O) groups is 2. The molecule has 7 heteroatoms. The number of nitrogens with one attached hydrogen (secondary N) is 1. The maximum Gasteiger partial charge on any atom is 0.255 e. The molecular formula is C14H20ClN3O3. The summed E-state index contributed by atoms with van der Waals surface area (Å²) in [5, 5.41) is 2.83. The average molecular weight is 314 g/mol. The van der Waals surface area contributed by atoms with E-state index in [4.69, 9.17) is 16.2 Å². The molecule has 0 bridgehead atoms. The van der Waals surface area contributed by atoms with Crippen molar-refractivity contribution in [3.8, 4) is 5.75 Å². The Balaban J connectivity index is 0.00000220. The van der Waals surface area contributed by atoms with Gasteiger partial charge in [-0.3, -0.25) is 9.59 Å². The van der Waals surface area contributed by atoms with Gasteiger partial charge in [-0.25, -0.2) is 0 Å². The van der Waals surface area contributed by atoms with Gasteiger partial charge in [0.2, 0.25) is 5.91 Å². The fourth-order valence-corrected chi connectivity index (χ4v) is 2.37. The summed E-state index contributed by atoms with van der Waals surface area (Å²) in [6, 6.07) is 6.78. The van der Waals surface area contributed by atoms with Gasteiger partial charge in [-0.05, 0) is 25.0 Å². The normalized spacial score (nSPS) is 20.4. The first kappa shape index (κ1) is 17.3. The van der Waals surface area contributed by atoms with Crippen LogP contribution in [0.2, 0.25) is 0 Å². The van der Waals surface area contributed by atoms with E-state index in [1.165, 1.54) is 0 Å². The molecule has 0 aliphatic heterocycles. The Labute approximate surface area is 129 Å². The van der Waals surface area contributed by atoms with Gasteiger partial charge in [0.1, 0.15) is 5.75 Å². The summed E-state index contributed by atoms with van der Waals surface area (Å²) in [7, 11) is 0. The molecule has 2 unspecified atom stereocenters.